The summed E-state index contributed by atoms with van der Waals surface area (Å²) in [6.45, 7) is 4.01. The number of rotatable bonds is 6. The monoisotopic (exact) mass is 381 g/mol. The molecule has 0 spiro atoms. The number of hydrogen-bond acceptors (Lipinski definition) is 4. The highest BCUT2D eigenvalue weighted by atomic mass is 16.5. The molecule has 0 bridgehead atoms. The zero-order chi connectivity index (χ0) is 19.5. The Hall–Kier alpha value is -2.47. The number of Topliss-reactive ketones (excluding diaryl/α,β-unsaturated/α-hetero) is 1. The molecule has 1 aliphatic heterocycles. The van der Waals surface area contributed by atoms with Gasteiger partial charge in [0.05, 0.1) is 24.8 Å². The second-order valence-corrected chi connectivity index (χ2v) is 7.68. The summed E-state index contributed by atoms with van der Waals surface area (Å²) >= 11 is 0. The Kier molecular flexibility index (Phi) is 5.57. The van der Waals surface area contributed by atoms with Crippen LogP contribution < -0.4 is 5.32 Å². The maximum atomic E-state index is 12.7. The van der Waals surface area contributed by atoms with Gasteiger partial charge in [-0.3, -0.25) is 14.6 Å². The summed E-state index contributed by atoms with van der Waals surface area (Å²) in [6, 6.07) is 5.64. The number of hydrogen-bond donors (Lipinski definition) is 1. The third-order valence-corrected chi connectivity index (χ3v) is 5.79. The van der Waals surface area contributed by atoms with Gasteiger partial charge in [-0.1, -0.05) is 6.07 Å². The normalized spacial score (nSPS) is 18.9. The van der Waals surface area contributed by atoms with E-state index < -0.39 is 0 Å². The zero-order valence-corrected chi connectivity index (χ0v) is 16.4. The van der Waals surface area contributed by atoms with Crippen molar-refractivity contribution in [2.75, 3.05) is 6.61 Å². The van der Waals surface area contributed by atoms with Crippen LogP contribution in [0.5, 0.6) is 0 Å². The first-order chi connectivity index (χ1) is 13.6. The first kappa shape index (κ1) is 18.9. The van der Waals surface area contributed by atoms with Gasteiger partial charge in [-0.15, -0.1) is 0 Å². The van der Waals surface area contributed by atoms with Crippen molar-refractivity contribution in [3.8, 4) is 0 Å². The van der Waals surface area contributed by atoms with Crippen LogP contribution >= 0.6 is 0 Å². The lowest BCUT2D eigenvalue weighted by molar-refractivity contribution is -0.120. The summed E-state index contributed by atoms with van der Waals surface area (Å²) in [5, 5.41) is 2.93. The molecule has 1 aliphatic carbocycles. The van der Waals surface area contributed by atoms with Crippen LogP contribution in [0.3, 0.4) is 0 Å². The number of carbonyl (C=O) groups is 2. The predicted octanol–water partition coefficient (Wildman–Crippen LogP) is 2.75. The molecule has 148 valence electrons. The Balaban J connectivity index is 1.54. The van der Waals surface area contributed by atoms with E-state index in [-0.39, 0.29) is 24.2 Å². The van der Waals surface area contributed by atoms with Crippen LogP contribution in [0.2, 0.25) is 0 Å². The van der Waals surface area contributed by atoms with E-state index in [4.69, 9.17) is 4.74 Å². The molecule has 2 aliphatic rings. The molecule has 4 rings (SSSR count). The fourth-order valence-corrected chi connectivity index (χ4v) is 4.36. The Labute approximate surface area is 165 Å². The lowest BCUT2D eigenvalue weighted by atomic mass is 9.92. The number of fused-ring (bicyclic) bond motifs is 1. The lowest BCUT2D eigenvalue weighted by Crippen LogP contribution is -2.26. The maximum absolute atomic E-state index is 12.7. The number of ketones is 1. The summed E-state index contributed by atoms with van der Waals surface area (Å²) < 4.78 is 8.06. The van der Waals surface area contributed by atoms with E-state index >= 15 is 0 Å². The number of amides is 1. The topological polar surface area (TPSA) is 73.2 Å². The molecular weight excluding hydrogens is 354 g/mol. The van der Waals surface area contributed by atoms with E-state index in [9.17, 15) is 9.59 Å². The third-order valence-electron chi connectivity index (χ3n) is 5.79. The maximum Gasteiger partial charge on any atom is 0.224 e. The molecule has 1 fully saturated rings. The highest BCUT2D eigenvalue weighted by Gasteiger charge is 2.30. The SMILES string of the molecule is Cc1c(CC(=O)NCc2ccccn2)c2c(n1C[C@@H]1CCCO1)CCCC2=O. The van der Waals surface area contributed by atoms with Crippen molar-refractivity contribution in [2.24, 2.45) is 0 Å². The van der Waals surface area contributed by atoms with Crippen molar-refractivity contribution in [1.29, 1.82) is 0 Å². The zero-order valence-electron chi connectivity index (χ0n) is 16.4. The van der Waals surface area contributed by atoms with Crippen LogP contribution in [0, 0.1) is 6.92 Å². The van der Waals surface area contributed by atoms with E-state index in [1.165, 1.54) is 0 Å². The van der Waals surface area contributed by atoms with Gasteiger partial charge in [0.2, 0.25) is 5.91 Å². The molecular formula is C22H27N3O3. The number of carbonyl (C=O) groups excluding carboxylic acids is 2. The predicted molar refractivity (Wildman–Crippen MR) is 105 cm³/mol. The van der Waals surface area contributed by atoms with Crippen LogP contribution in [-0.2, 0) is 35.5 Å². The molecule has 2 aromatic rings. The van der Waals surface area contributed by atoms with Gasteiger partial charge in [0, 0.05) is 42.7 Å². The first-order valence-corrected chi connectivity index (χ1v) is 10.2. The van der Waals surface area contributed by atoms with Crippen LogP contribution in [0.1, 0.15) is 58.7 Å². The van der Waals surface area contributed by atoms with Gasteiger partial charge in [0.1, 0.15) is 0 Å². The van der Waals surface area contributed by atoms with E-state index in [0.29, 0.717) is 13.0 Å². The quantitative estimate of drug-likeness (QED) is 0.835. The molecule has 2 aromatic heterocycles. The standard InChI is InChI=1S/C22H27N3O3/c1-15-18(12-21(27)24-13-16-6-2-3-10-23-16)22-19(8-4-9-20(22)26)25(15)14-17-7-5-11-28-17/h2-3,6,10,17H,4-5,7-9,11-14H2,1H3,(H,24,27)/t17-/m0/s1. The molecule has 6 heteroatoms. The van der Waals surface area contributed by atoms with Crippen molar-refractivity contribution >= 4 is 11.7 Å². The van der Waals surface area contributed by atoms with E-state index in [1.807, 2.05) is 25.1 Å². The van der Waals surface area contributed by atoms with Crippen molar-refractivity contribution in [1.82, 2.24) is 14.9 Å². The van der Waals surface area contributed by atoms with Gasteiger partial charge >= 0.3 is 0 Å². The smallest absolute Gasteiger partial charge is 0.224 e. The van der Waals surface area contributed by atoms with Crippen LogP contribution in [0.4, 0.5) is 0 Å². The molecule has 28 heavy (non-hydrogen) atoms. The van der Waals surface area contributed by atoms with Gasteiger partial charge in [0.15, 0.2) is 5.78 Å². The minimum Gasteiger partial charge on any atom is -0.376 e. The van der Waals surface area contributed by atoms with Crippen molar-refractivity contribution in [3.63, 3.8) is 0 Å². The highest BCUT2D eigenvalue weighted by Crippen LogP contribution is 2.31. The summed E-state index contributed by atoms with van der Waals surface area (Å²) in [5.41, 5.74) is 4.62. The fraction of sp³-hybridized carbons (Fsp3) is 0.500. The van der Waals surface area contributed by atoms with Crippen molar-refractivity contribution in [3.05, 3.63) is 52.6 Å². The molecule has 3 heterocycles. The van der Waals surface area contributed by atoms with Crippen LogP contribution in [0.15, 0.2) is 24.4 Å². The molecule has 0 unspecified atom stereocenters. The number of pyridine rings is 1. The second-order valence-electron chi connectivity index (χ2n) is 7.68. The van der Waals surface area contributed by atoms with Crippen LogP contribution in [-0.4, -0.2) is 34.0 Å². The molecule has 6 nitrogen and oxygen atoms in total. The van der Waals surface area contributed by atoms with Gasteiger partial charge in [-0.2, -0.15) is 0 Å². The van der Waals surface area contributed by atoms with Gasteiger partial charge in [-0.25, -0.2) is 0 Å². The number of nitrogens with one attached hydrogen (secondary N) is 1. The first-order valence-electron chi connectivity index (χ1n) is 10.2. The molecule has 0 radical (unpaired) electrons. The van der Waals surface area contributed by atoms with E-state index in [1.54, 1.807) is 6.20 Å². The van der Waals surface area contributed by atoms with Gasteiger partial charge in [-0.05, 0) is 50.3 Å². The Morgan fingerprint density at radius 3 is 2.96 bits per heavy atom. The van der Waals surface area contributed by atoms with Gasteiger partial charge in [0.25, 0.3) is 0 Å². The summed E-state index contributed by atoms with van der Waals surface area (Å²) in [7, 11) is 0. The minimum atomic E-state index is -0.0795. The molecule has 1 atom stereocenters. The minimum absolute atomic E-state index is 0.0795. The second kappa shape index (κ2) is 8.27. The Morgan fingerprint density at radius 2 is 2.21 bits per heavy atom. The molecule has 0 aromatic carbocycles. The average Bonchev–Trinajstić information content (AvgIpc) is 3.31. The number of ether oxygens (including phenoxy) is 1. The number of nitrogens with zero attached hydrogens (tertiary/aromatic N) is 2. The van der Waals surface area contributed by atoms with Crippen LogP contribution in [0.25, 0.3) is 0 Å². The van der Waals surface area contributed by atoms with E-state index in [0.717, 1.165) is 67.0 Å². The summed E-state index contributed by atoms with van der Waals surface area (Å²) in [5.74, 6) is 0.0900. The van der Waals surface area contributed by atoms with Crippen molar-refractivity contribution in [2.45, 2.75) is 64.6 Å². The molecule has 0 saturated carbocycles. The largest absolute Gasteiger partial charge is 0.376 e. The lowest BCUT2D eigenvalue weighted by Gasteiger charge is -2.18. The average molecular weight is 381 g/mol. The Bertz CT molecular complexity index is 867. The summed E-state index contributed by atoms with van der Waals surface area (Å²) in [4.78, 5) is 29.5. The van der Waals surface area contributed by atoms with Crippen molar-refractivity contribution < 1.29 is 14.3 Å². The van der Waals surface area contributed by atoms with Gasteiger partial charge < -0.3 is 14.6 Å². The molecule has 1 saturated heterocycles. The molecule has 1 N–H and O–H groups in total. The Morgan fingerprint density at radius 1 is 1.32 bits per heavy atom. The highest BCUT2D eigenvalue weighted by molar-refractivity contribution is 6.01. The number of aromatic nitrogens is 2. The third kappa shape index (κ3) is 3.87. The van der Waals surface area contributed by atoms with E-state index in [2.05, 4.69) is 14.9 Å². The summed E-state index contributed by atoms with van der Waals surface area (Å²) in [6.07, 6.45) is 6.64. The fourth-order valence-electron chi connectivity index (χ4n) is 4.36. The molecule has 1 amide bonds.